The number of rotatable bonds is 5. The maximum atomic E-state index is 9.02. The van der Waals surface area contributed by atoms with Crippen LogP contribution in [0.3, 0.4) is 0 Å². The van der Waals surface area contributed by atoms with Crippen molar-refractivity contribution in [2.24, 2.45) is 5.92 Å². The van der Waals surface area contributed by atoms with E-state index in [-0.39, 0.29) is 6.61 Å². The summed E-state index contributed by atoms with van der Waals surface area (Å²) in [4.78, 5) is 0. The number of hydrogen-bond acceptors (Lipinski definition) is 2. The summed E-state index contributed by atoms with van der Waals surface area (Å²) >= 11 is 0. The van der Waals surface area contributed by atoms with Crippen molar-refractivity contribution in [3.63, 3.8) is 0 Å². The Morgan fingerprint density at radius 1 is 1.12 bits per heavy atom. The van der Waals surface area contributed by atoms with Crippen LogP contribution in [0.15, 0.2) is 12.1 Å². The highest BCUT2D eigenvalue weighted by Crippen LogP contribution is 2.23. The quantitative estimate of drug-likeness (QED) is 0.822. The van der Waals surface area contributed by atoms with Crippen molar-refractivity contribution in [1.29, 1.82) is 0 Å². The van der Waals surface area contributed by atoms with Crippen molar-refractivity contribution in [3.8, 4) is 0 Å². The number of nitrogens with one attached hydrogen (secondary N) is 1. The summed E-state index contributed by atoms with van der Waals surface area (Å²) in [7, 11) is 0. The topological polar surface area (TPSA) is 32.3 Å². The Bertz CT molecular complexity index is 350. The normalized spacial score (nSPS) is 14.7. The molecule has 0 saturated heterocycles. The SMILES string of the molecule is Cc1cc(C)c(C(C)NCC(C)CO)c(C)c1. The van der Waals surface area contributed by atoms with Gasteiger partial charge in [-0.3, -0.25) is 0 Å². The van der Waals surface area contributed by atoms with Gasteiger partial charge in [0.05, 0.1) is 0 Å². The molecule has 1 rings (SSSR count). The van der Waals surface area contributed by atoms with E-state index in [1.54, 1.807) is 0 Å². The van der Waals surface area contributed by atoms with Crippen molar-refractivity contribution < 1.29 is 5.11 Å². The highest BCUT2D eigenvalue weighted by Gasteiger charge is 2.12. The summed E-state index contributed by atoms with van der Waals surface area (Å²) in [5.41, 5.74) is 5.40. The summed E-state index contributed by atoms with van der Waals surface area (Å²) in [5, 5.41) is 12.5. The minimum Gasteiger partial charge on any atom is -0.396 e. The molecule has 2 unspecified atom stereocenters. The molecule has 0 aliphatic rings. The molecule has 0 spiro atoms. The van der Waals surface area contributed by atoms with Gasteiger partial charge in [-0.25, -0.2) is 0 Å². The van der Waals surface area contributed by atoms with Crippen LogP contribution in [0.2, 0.25) is 0 Å². The van der Waals surface area contributed by atoms with E-state index in [0.29, 0.717) is 12.0 Å². The van der Waals surface area contributed by atoms with Crippen molar-refractivity contribution in [3.05, 3.63) is 34.4 Å². The Hall–Kier alpha value is -0.860. The molecule has 96 valence electrons. The van der Waals surface area contributed by atoms with Crippen molar-refractivity contribution in [2.45, 2.75) is 40.7 Å². The number of benzene rings is 1. The smallest absolute Gasteiger partial charge is 0.0468 e. The van der Waals surface area contributed by atoms with Gasteiger partial charge in [0.1, 0.15) is 0 Å². The van der Waals surface area contributed by atoms with Gasteiger partial charge in [0.2, 0.25) is 0 Å². The molecule has 2 heteroatoms. The van der Waals surface area contributed by atoms with Crippen LogP contribution in [0.25, 0.3) is 0 Å². The van der Waals surface area contributed by atoms with Gasteiger partial charge < -0.3 is 10.4 Å². The van der Waals surface area contributed by atoms with Crippen LogP contribution in [0.1, 0.15) is 42.1 Å². The van der Waals surface area contributed by atoms with Crippen LogP contribution in [-0.2, 0) is 0 Å². The molecule has 0 fully saturated rings. The van der Waals surface area contributed by atoms with Gasteiger partial charge in [0, 0.05) is 19.2 Å². The van der Waals surface area contributed by atoms with E-state index < -0.39 is 0 Å². The molecule has 1 aromatic rings. The van der Waals surface area contributed by atoms with Crippen LogP contribution >= 0.6 is 0 Å². The van der Waals surface area contributed by atoms with Gasteiger partial charge >= 0.3 is 0 Å². The Balaban J connectivity index is 2.78. The van der Waals surface area contributed by atoms with Gasteiger partial charge in [-0.2, -0.15) is 0 Å². The fourth-order valence-electron chi connectivity index (χ4n) is 2.42. The zero-order valence-corrected chi connectivity index (χ0v) is 11.7. The van der Waals surface area contributed by atoms with Crippen molar-refractivity contribution in [1.82, 2.24) is 5.32 Å². The Kier molecular flexibility index (Phi) is 5.16. The minimum absolute atomic E-state index is 0.242. The molecule has 0 radical (unpaired) electrons. The van der Waals surface area contributed by atoms with Crippen LogP contribution in [0.4, 0.5) is 0 Å². The predicted octanol–water partition coefficient (Wildman–Crippen LogP) is 2.89. The third kappa shape index (κ3) is 3.83. The molecule has 2 nitrogen and oxygen atoms in total. The third-order valence-electron chi connectivity index (χ3n) is 3.26. The number of aliphatic hydroxyl groups excluding tert-OH is 1. The second-order valence-electron chi connectivity index (χ2n) is 5.23. The molecule has 0 aliphatic carbocycles. The number of aryl methyl sites for hydroxylation is 3. The molecule has 0 heterocycles. The first-order valence-corrected chi connectivity index (χ1v) is 6.37. The maximum absolute atomic E-state index is 9.02. The van der Waals surface area contributed by atoms with Gasteiger partial charge in [0.15, 0.2) is 0 Å². The molecule has 0 amide bonds. The molecule has 0 aliphatic heterocycles. The Labute approximate surface area is 105 Å². The van der Waals surface area contributed by atoms with E-state index in [1.807, 2.05) is 0 Å². The molecule has 1 aromatic carbocycles. The van der Waals surface area contributed by atoms with Gasteiger partial charge in [-0.05, 0) is 50.3 Å². The largest absolute Gasteiger partial charge is 0.396 e. The molecule has 17 heavy (non-hydrogen) atoms. The summed E-state index contributed by atoms with van der Waals surface area (Å²) in [6.07, 6.45) is 0. The molecule has 0 bridgehead atoms. The van der Waals surface area contributed by atoms with E-state index >= 15 is 0 Å². The fourth-order valence-corrected chi connectivity index (χ4v) is 2.42. The summed E-state index contributed by atoms with van der Waals surface area (Å²) < 4.78 is 0. The van der Waals surface area contributed by atoms with E-state index in [0.717, 1.165) is 6.54 Å². The zero-order valence-electron chi connectivity index (χ0n) is 11.7. The van der Waals surface area contributed by atoms with Gasteiger partial charge in [-0.15, -0.1) is 0 Å². The monoisotopic (exact) mass is 235 g/mol. The van der Waals surface area contributed by atoms with Crippen molar-refractivity contribution in [2.75, 3.05) is 13.2 Å². The Morgan fingerprint density at radius 3 is 2.12 bits per heavy atom. The van der Waals surface area contributed by atoms with Crippen molar-refractivity contribution >= 4 is 0 Å². The lowest BCUT2D eigenvalue weighted by atomic mass is 9.94. The van der Waals surface area contributed by atoms with E-state index in [1.165, 1.54) is 22.3 Å². The second-order valence-corrected chi connectivity index (χ2v) is 5.23. The van der Waals surface area contributed by atoms with Crippen LogP contribution in [0.5, 0.6) is 0 Å². The standard InChI is InChI=1S/C15H25NO/c1-10-6-12(3)15(13(4)7-10)14(5)16-8-11(2)9-17/h6-7,11,14,16-17H,8-9H2,1-5H3. The zero-order chi connectivity index (χ0) is 13.0. The number of hydrogen-bond donors (Lipinski definition) is 2. The first-order valence-electron chi connectivity index (χ1n) is 6.37. The average Bonchev–Trinajstić information content (AvgIpc) is 2.24. The lowest BCUT2D eigenvalue weighted by Crippen LogP contribution is -2.27. The first-order chi connectivity index (χ1) is 7.95. The molecule has 2 N–H and O–H groups in total. The fraction of sp³-hybridized carbons (Fsp3) is 0.600. The van der Waals surface area contributed by atoms with E-state index in [2.05, 4.69) is 52.1 Å². The molecule has 0 aromatic heterocycles. The highest BCUT2D eigenvalue weighted by atomic mass is 16.3. The average molecular weight is 235 g/mol. The predicted molar refractivity (Wildman–Crippen MR) is 73.3 cm³/mol. The third-order valence-corrected chi connectivity index (χ3v) is 3.26. The molecule has 2 atom stereocenters. The first kappa shape index (κ1) is 14.2. The van der Waals surface area contributed by atoms with Crippen LogP contribution in [-0.4, -0.2) is 18.3 Å². The second kappa shape index (κ2) is 6.18. The van der Waals surface area contributed by atoms with E-state index in [9.17, 15) is 0 Å². The highest BCUT2D eigenvalue weighted by molar-refractivity contribution is 5.39. The van der Waals surface area contributed by atoms with Crippen LogP contribution < -0.4 is 5.32 Å². The summed E-state index contributed by atoms with van der Waals surface area (Å²) in [6, 6.07) is 4.80. The lowest BCUT2D eigenvalue weighted by Gasteiger charge is -2.21. The molecular weight excluding hydrogens is 210 g/mol. The van der Waals surface area contributed by atoms with Crippen LogP contribution in [0, 0.1) is 26.7 Å². The minimum atomic E-state index is 0.242. The Morgan fingerprint density at radius 2 is 1.65 bits per heavy atom. The molecule has 0 saturated carbocycles. The van der Waals surface area contributed by atoms with Gasteiger partial charge in [0.25, 0.3) is 0 Å². The van der Waals surface area contributed by atoms with Gasteiger partial charge in [-0.1, -0.05) is 24.6 Å². The summed E-state index contributed by atoms with van der Waals surface area (Å²) in [5.74, 6) is 0.309. The number of aliphatic hydroxyl groups is 1. The summed E-state index contributed by atoms with van der Waals surface area (Å²) in [6.45, 7) is 11.8. The maximum Gasteiger partial charge on any atom is 0.0468 e. The lowest BCUT2D eigenvalue weighted by molar-refractivity contribution is 0.231. The molecular formula is C15H25NO. The van der Waals surface area contributed by atoms with E-state index in [4.69, 9.17) is 5.11 Å².